The second kappa shape index (κ2) is 5.85. The SMILES string of the molecule is COC1CN(Cc2cnn(C(C)C)c2)CCC1C. The van der Waals surface area contributed by atoms with Crippen molar-refractivity contribution in [3.8, 4) is 0 Å². The average molecular weight is 251 g/mol. The van der Waals surface area contributed by atoms with E-state index < -0.39 is 0 Å². The normalized spacial score (nSPS) is 25.8. The molecule has 1 aromatic rings. The van der Waals surface area contributed by atoms with Gasteiger partial charge in [0.05, 0.1) is 12.3 Å². The zero-order valence-electron chi connectivity index (χ0n) is 12.0. The van der Waals surface area contributed by atoms with Crippen LogP contribution in [0.2, 0.25) is 0 Å². The third-order valence-corrected chi connectivity index (χ3v) is 3.87. The van der Waals surface area contributed by atoms with Gasteiger partial charge in [-0.1, -0.05) is 6.92 Å². The largest absolute Gasteiger partial charge is 0.380 e. The number of ether oxygens (including phenoxy) is 1. The third kappa shape index (κ3) is 3.12. The molecule has 0 aromatic carbocycles. The zero-order chi connectivity index (χ0) is 13.1. The second-order valence-electron chi connectivity index (χ2n) is 5.70. The number of hydrogen-bond acceptors (Lipinski definition) is 3. The highest BCUT2D eigenvalue weighted by molar-refractivity contribution is 5.04. The minimum Gasteiger partial charge on any atom is -0.380 e. The monoisotopic (exact) mass is 251 g/mol. The molecule has 0 amide bonds. The van der Waals surface area contributed by atoms with E-state index in [9.17, 15) is 0 Å². The van der Waals surface area contributed by atoms with Crippen LogP contribution >= 0.6 is 0 Å². The van der Waals surface area contributed by atoms with Gasteiger partial charge < -0.3 is 4.74 Å². The minimum atomic E-state index is 0.374. The molecule has 1 saturated heterocycles. The van der Waals surface area contributed by atoms with Gasteiger partial charge in [-0.15, -0.1) is 0 Å². The van der Waals surface area contributed by atoms with Gasteiger partial charge in [-0.25, -0.2) is 0 Å². The first-order valence-electron chi connectivity index (χ1n) is 6.88. The van der Waals surface area contributed by atoms with Crippen LogP contribution in [-0.4, -0.2) is 41.0 Å². The molecule has 0 saturated carbocycles. The van der Waals surface area contributed by atoms with E-state index in [-0.39, 0.29) is 0 Å². The molecular weight excluding hydrogens is 226 g/mol. The highest BCUT2D eigenvalue weighted by Crippen LogP contribution is 2.21. The standard InChI is InChI=1S/C14H25N3O/c1-11(2)17-9-13(7-15-17)8-16-6-5-12(3)14(10-16)18-4/h7,9,11-12,14H,5-6,8,10H2,1-4H3. The third-order valence-electron chi connectivity index (χ3n) is 3.87. The molecule has 0 bridgehead atoms. The van der Waals surface area contributed by atoms with Crippen LogP contribution in [0.15, 0.2) is 12.4 Å². The zero-order valence-corrected chi connectivity index (χ0v) is 12.0. The predicted octanol–water partition coefficient (Wildman–Crippen LogP) is 2.32. The molecule has 18 heavy (non-hydrogen) atoms. The van der Waals surface area contributed by atoms with Crippen molar-refractivity contribution in [2.24, 2.45) is 5.92 Å². The van der Waals surface area contributed by atoms with Crippen LogP contribution in [-0.2, 0) is 11.3 Å². The quantitative estimate of drug-likeness (QED) is 0.822. The Morgan fingerprint density at radius 1 is 1.50 bits per heavy atom. The number of likely N-dealkylation sites (tertiary alicyclic amines) is 1. The molecule has 0 N–H and O–H groups in total. The average Bonchev–Trinajstić information content (AvgIpc) is 2.80. The second-order valence-corrected chi connectivity index (χ2v) is 5.70. The first-order valence-corrected chi connectivity index (χ1v) is 6.88. The van der Waals surface area contributed by atoms with E-state index in [4.69, 9.17) is 4.74 Å². The van der Waals surface area contributed by atoms with Gasteiger partial charge in [0.2, 0.25) is 0 Å². The number of rotatable bonds is 4. The van der Waals surface area contributed by atoms with Crippen molar-refractivity contribution in [2.45, 2.75) is 45.9 Å². The van der Waals surface area contributed by atoms with Crippen molar-refractivity contribution in [2.75, 3.05) is 20.2 Å². The summed E-state index contributed by atoms with van der Waals surface area (Å²) in [6, 6.07) is 0.437. The smallest absolute Gasteiger partial charge is 0.0724 e. The molecule has 2 atom stereocenters. The molecule has 1 aromatic heterocycles. The van der Waals surface area contributed by atoms with Gasteiger partial charge in [0.15, 0.2) is 0 Å². The Hall–Kier alpha value is -0.870. The lowest BCUT2D eigenvalue weighted by Gasteiger charge is -2.35. The van der Waals surface area contributed by atoms with Crippen LogP contribution in [0.5, 0.6) is 0 Å². The van der Waals surface area contributed by atoms with Crippen molar-refractivity contribution in [3.63, 3.8) is 0 Å². The molecule has 0 spiro atoms. The minimum absolute atomic E-state index is 0.374. The Bertz CT molecular complexity index is 375. The van der Waals surface area contributed by atoms with E-state index in [1.54, 1.807) is 0 Å². The van der Waals surface area contributed by atoms with E-state index >= 15 is 0 Å². The summed E-state index contributed by atoms with van der Waals surface area (Å²) in [7, 11) is 1.82. The summed E-state index contributed by atoms with van der Waals surface area (Å²) in [4.78, 5) is 2.47. The molecule has 1 aliphatic heterocycles. The van der Waals surface area contributed by atoms with E-state index in [0.717, 1.165) is 19.6 Å². The summed E-state index contributed by atoms with van der Waals surface area (Å²) in [5, 5.41) is 4.39. The van der Waals surface area contributed by atoms with Crippen molar-refractivity contribution in [1.82, 2.24) is 14.7 Å². The fraction of sp³-hybridized carbons (Fsp3) is 0.786. The molecular formula is C14H25N3O. The molecule has 1 fully saturated rings. The van der Waals surface area contributed by atoms with Crippen molar-refractivity contribution >= 4 is 0 Å². The Kier molecular flexibility index (Phi) is 4.40. The van der Waals surface area contributed by atoms with E-state index in [1.807, 2.05) is 18.0 Å². The van der Waals surface area contributed by atoms with Gasteiger partial charge in [-0.3, -0.25) is 9.58 Å². The molecule has 2 heterocycles. The summed E-state index contributed by atoms with van der Waals surface area (Å²) >= 11 is 0. The maximum atomic E-state index is 5.55. The van der Waals surface area contributed by atoms with Gasteiger partial charge in [0.25, 0.3) is 0 Å². The molecule has 2 unspecified atom stereocenters. The molecule has 1 aliphatic rings. The summed E-state index contributed by atoms with van der Waals surface area (Å²) in [5.41, 5.74) is 1.30. The Morgan fingerprint density at radius 2 is 2.28 bits per heavy atom. The highest BCUT2D eigenvalue weighted by atomic mass is 16.5. The van der Waals surface area contributed by atoms with E-state index in [0.29, 0.717) is 18.1 Å². The summed E-state index contributed by atoms with van der Waals surface area (Å²) in [6.07, 6.45) is 5.74. The topological polar surface area (TPSA) is 30.3 Å². The lowest BCUT2D eigenvalue weighted by molar-refractivity contribution is -0.00745. The van der Waals surface area contributed by atoms with Gasteiger partial charge in [-0.2, -0.15) is 5.10 Å². The van der Waals surface area contributed by atoms with Crippen molar-refractivity contribution in [1.29, 1.82) is 0 Å². The van der Waals surface area contributed by atoms with E-state index in [2.05, 4.69) is 37.0 Å². The van der Waals surface area contributed by atoms with Crippen LogP contribution in [0.3, 0.4) is 0 Å². The van der Waals surface area contributed by atoms with Crippen LogP contribution in [0.25, 0.3) is 0 Å². The van der Waals surface area contributed by atoms with Crippen molar-refractivity contribution < 1.29 is 4.74 Å². The lowest BCUT2D eigenvalue weighted by Crippen LogP contribution is -2.43. The van der Waals surface area contributed by atoms with Gasteiger partial charge in [0.1, 0.15) is 0 Å². The Labute approximate surface area is 110 Å². The van der Waals surface area contributed by atoms with Crippen LogP contribution in [0, 0.1) is 5.92 Å². The number of methoxy groups -OCH3 is 1. The number of aromatic nitrogens is 2. The number of hydrogen-bond donors (Lipinski definition) is 0. The van der Waals surface area contributed by atoms with Crippen LogP contribution < -0.4 is 0 Å². The molecule has 102 valence electrons. The predicted molar refractivity (Wildman–Crippen MR) is 72.5 cm³/mol. The lowest BCUT2D eigenvalue weighted by atomic mass is 9.95. The highest BCUT2D eigenvalue weighted by Gasteiger charge is 2.26. The first-order chi connectivity index (χ1) is 8.60. The molecule has 0 radical (unpaired) electrons. The van der Waals surface area contributed by atoms with E-state index in [1.165, 1.54) is 12.0 Å². The number of nitrogens with zero attached hydrogens (tertiary/aromatic N) is 3. The Morgan fingerprint density at radius 3 is 2.89 bits per heavy atom. The number of piperidine rings is 1. The maximum Gasteiger partial charge on any atom is 0.0724 e. The summed E-state index contributed by atoms with van der Waals surface area (Å²) in [5.74, 6) is 0.671. The fourth-order valence-electron chi connectivity index (χ4n) is 2.55. The van der Waals surface area contributed by atoms with Gasteiger partial charge in [-0.05, 0) is 32.7 Å². The molecule has 2 rings (SSSR count). The molecule has 4 nitrogen and oxygen atoms in total. The maximum absolute atomic E-state index is 5.55. The Balaban J connectivity index is 1.92. The van der Waals surface area contributed by atoms with Gasteiger partial charge >= 0.3 is 0 Å². The van der Waals surface area contributed by atoms with Crippen LogP contribution in [0.4, 0.5) is 0 Å². The summed E-state index contributed by atoms with van der Waals surface area (Å²) < 4.78 is 7.58. The fourth-order valence-corrected chi connectivity index (χ4v) is 2.55. The van der Waals surface area contributed by atoms with Gasteiger partial charge in [0, 0.05) is 38.0 Å². The first kappa shape index (κ1) is 13.6. The van der Waals surface area contributed by atoms with Crippen LogP contribution in [0.1, 0.15) is 38.8 Å². The molecule has 4 heteroatoms. The molecule has 0 aliphatic carbocycles. The van der Waals surface area contributed by atoms with Crippen molar-refractivity contribution in [3.05, 3.63) is 18.0 Å². The summed E-state index contributed by atoms with van der Waals surface area (Å²) in [6.45, 7) is 9.76.